The fourth-order valence-electron chi connectivity index (χ4n) is 0.834. The van der Waals surface area contributed by atoms with Gasteiger partial charge >= 0.3 is 0 Å². The highest BCUT2D eigenvalue weighted by Crippen LogP contribution is 1.95. The second-order valence-corrected chi connectivity index (χ2v) is 2.60. The molecule has 14 heavy (non-hydrogen) atoms. The van der Waals surface area contributed by atoms with Crippen LogP contribution in [0.5, 0.6) is 0 Å². The van der Waals surface area contributed by atoms with Crippen LogP contribution in [0.3, 0.4) is 0 Å². The molecule has 0 unspecified atom stereocenters. The van der Waals surface area contributed by atoms with E-state index in [1.54, 1.807) is 7.11 Å². The predicted molar refractivity (Wildman–Crippen MR) is 49.1 cm³/mol. The topological polar surface area (TPSA) is 61.3 Å². The first-order chi connectivity index (χ1) is 6.84. The monoisotopic (exact) mass is 196 g/mol. The van der Waals surface area contributed by atoms with E-state index in [9.17, 15) is 4.79 Å². The fourth-order valence-corrected chi connectivity index (χ4v) is 0.834. The van der Waals surface area contributed by atoms with E-state index in [1.165, 1.54) is 18.7 Å². The van der Waals surface area contributed by atoms with Gasteiger partial charge in [-0.25, -0.2) is 9.97 Å². The minimum atomic E-state index is -0.123. The van der Waals surface area contributed by atoms with E-state index < -0.39 is 0 Å². The van der Waals surface area contributed by atoms with Gasteiger partial charge in [0.15, 0.2) is 5.78 Å². The first-order valence-electron chi connectivity index (χ1n) is 4.19. The Kier molecular flexibility index (Phi) is 4.74. The zero-order valence-corrected chi connectivity index (χ0v) is 7.97. The lowest BCUT2D eigenvalue weighted by atomic mass is 10.2. The van der Waals surface area contributed by atoms with Gasteiger partial charge in [0.1, 0.15) is 12.9 Å². The summed E-state index contributed by atoms with van der Waals surface area (Å²) in [4.78, 5) is 18.8. The third-order valence-electron chi connectivity index (χ3n) is 1.55. The lowest BCUT2D eigenvalue weighted by Crippen LogP contribution is -2.12. The van der Waals surface area contributed by atoms with Gasteiger partial charge in [0.05, 0.1) is 18.8 Å². The smallest absolute Gasteiger partial charge is 0.191 e. The van der Waals surface area contributed by atoms with Gasteiger partial charge in [-0.2, -0.15) is 0 Å². The molecule has 1 aromatic heterocycles. The zero-order valence-electron chi connectivity index (χ0n) is 7.97. The van der Waals surface area contributed by atoms with Crippen molar-refractivity contribution in [2.45, 2.75) is 0 Å². The number of ketones is 1. The Morgan fingerprint density at radius 2 is 2.07 bits per heavy atom. The third kappa shape index (κ3) is 3.59. The van der Waals surface area contributed by atoms with Crippen molar-refractivity contribution >= 4 is 5.78 Å². The maximum atomic E-state index is 11.4. The van der Waals surface area contributed by atoms with Crippen LogP contribution in [-0.2, 0) is 9.47 Å². The molecule has 1 heterocycles. The van der Waals surface area contributed by atoms with Crippen LogP contribution in [0.1, 0.15) is 10.4 Å². The average Bonchev–Trinajstić information content (AvgIpc) is 2.25. The summed E-state index contributed by atoms with van der Waals surface area (Å²) in [7, 11) is 1.58. The number of Topliss-reactive ketones (excluding diaryl/α,β-unsaturated/α-hetero) is 1. The number of carbonyl (C=O) groups excluding carboxylic acids is 1. The Morgan fingerprint density at radius 3 is 2.71 bits per heavy atom. The Morgan fingerprint density at radius 1 is 1.36 bits per heavy atom. The Labute approximate surface area is 82.1 Å². The number of methoxy groups -OCH3 is 1. The maximum Gasteiger partial charge on any atom is 0.191 e. The molecule has 1 aromatic rings. The normalized spacial score (nSPS) is 10.1. The van der Waals surface area contributed by atoms with Crippen molar-refractivity contribution in [3.05, 3.63) is 24.3 Å². The fraction of sp³-hybridized carbons (Fsp3) is 0.444. The van der Waals surface area contributed by atoms with Gasteiger partial charge < -0.3 is 9.47 Å². The van der Waals surface area contributed by atoms with Gasteiger partial charge in [0.25, 0.3) is 0 Å². The summed E-state index contributed by atoms with van der Waals surface area (Å²) >= 11 is 0. The molecule has 0 atom stereocenters. The summed E-state index contributed by atoms with van der Waals surface area (Å²) in [6, 6.07) is 0. The van der Waals surface area contributed by atoms with E-state index in [0.717, 1.165) is 0 Å². The summed E-state index contributed by atoms with van der Waals surface area (Å²) in [5, 5.41) is 0. The quantitative estimate of drug-likeness (QED) is 0.484. The van der Waals surface area contributed by atoms with Crippen LogP contribution < -0.4 is 0 Å². The van der Waals surface area contributed by atoms with E-state index in [1.807, 2.05) is 0 Å². The molecule has 0 saturated heterocycles. The highest BCUT2D eigenvalue weighted by atomic mass is 16.5. The largest absolute Gasteiger partial charge is 0.382 e. The molecule has 5 heteroatoms. The number of ether oxygens (including phenoxy) is 2. The highest BCUT2D eigenvalue weighted by molar-refractivity contribution is 5.96. The summed E-state index contributed by atoms with van der Waals surface area (Å²) < 4.78 is 9.83. The van der Waals surface area contributed by atoms with E-state index >= 15 is 0 Å². The molecule has 0 fully saturated rings. The first kappa shape index (κ1) is 10.7. The van der Waals surface area contributed by atoms with Crippen molar-refractivity contribution in [3.8, 4) is 0 Å². The number of hydrogen-bond donors (Lipinski definition) is 0. The van der Waals surface area contributed by atoms with Crippen LogP contribution in [0.15, 0.2) is 18.7 Å². The lowest BCUT2D eigenvalue weighted by Gasteiger charge is -2.01. The lowest BCUT2D eigenvalue weighted by molar-refractivity contribution is 0.0576. The maximum absolute atomic E-state index is 11.4. The molecule has 0 aliphatic rings. The van der Waals surface area contributed by atoms with Crippen LogP contribution in [0.2, 0.25) is 0 Å². The highest BCUT2D eigenvalue weighted by Gasteiger charge is 2.05. The van der Waals surface area contributed by atoms with Crippen LogP contribution in [-0.4, -0.2) is 42.7 Å². The van der Waals surface area contributed by atoms with E-state index in [0.29, 0.717) is 18.8 Å². The molecule has 0 aliphatic heterocycles. The SMILES string of the molecule is COCCOCC(=O)c1cncnc1. The molecule has 0 aliphatic carbocycles. The van der Waals surface area contributed by atoms with Gasteiger partial charge in [-0.1, -0.05) is 0 Å². The summed E-state index contributed by atoms with van der Waals surface area (Å²) in [5.41, 5.74) is 0.463. The summed E-state index contributed by atoms with van der Waals surface area (Å²) in [5.74, 6) is -0.123. The number of nitrogens with zero attached hydrogens (tertiary/aromatic N) is 2. The van der Waals surface area contributed by atoms with E-state index in [2.05, 4.69) is 9.97 Å². The number of aromatic nitrogens is 2. The Hall–Kier alpha value is -1.33. The second-order valence-electron chi connectivity index (χ2n) is 2.60. The number of carbonyl (C=O) groups is 1. The Bertz CT molecular complexity index is 277. The molecule has 0 N–H and O–H groups in total. The second kappa shape index (κ2) is 6.17. The van der Waals surface area contributed by atoms with E-state index in [4.69, 9.17) is 9.47 Å². The van der Waals surface area contributed by atoms with Crippen molar-refractivity contribution < 1.29 is 14.3 Å². The van der Waals surface area contributed by atoms with Crippen LogP contribution in [0.4, 0.5) is 0 Å². The van der Waals surface area contributed by atoms with E-state index in [-0.39, 0.29) is 12.4 Å². The van der Waals surface area contributed by atoms with Gasteiger partial charge in [0, 0.05) is 19.5 Å². The number of rotatable bonds is 6. The molecule has 0 bridgehead atoms. The zero-order chi connectivity index (χ0) is 10.2. The van der Waals surface area contributed by atoms with Gasteiger partial charge in [-0.05, 0) is 0 Å². The molecule has 0 radical (unpaired) electrons. The van der Waals surface area contributed by atoms with Gasteiger partial charge in [-0.15, -0.1) is 0 Å². The van der Waals surface area contributed by atoms with Crippen LogP contribution in [0.25, 0.3) is 0 Å². The molecule has 5 nitrogen and oxygen atoms in total. The van der Waals surface area contributed by atoms with Gasteiger partial charge in [0.2, 0.25) is 0 Å². The minimum Gasteiger partial charge on any atom is -0.382 e. The molecule has 0 aromatic carbocycles. The van der Waals surface area contributed by atoms with Crippen molar-refractivity contribution in [1.29, 1.82) is 0 Å². The summed E-state index contributed by atoms with van der Waals surface area (Å²) in [6.07, 6.45) is 4.31. The Balaban J connectivity index is 2.29. The molecular weight excluding hydrogens is 184 g/mol. The van der Waals surface area contributed by atoms with Crippen LogP contribution >= 0.6 is 0 Å². The predicted octanol–water partition coefficient (Wildman–Crippen LogP) is 0.322. The molecule has 76 valence electrons. The van der Waals surface area contributed by atoms with Crippen LogP contribution in [0, 0.1) is 0 Å². The molecule has 0 spiro atoms. The van der Waals surface area contributed by atoms with Crippen molar-refractivity contribution in [3.63, 3.8) is 0 Å². The molecular formula is C9H12N2O3. The molecule has 0 amide bonds. The molecule has 1 rings (SSSR count). The number of hydrogen-bond acceptors (Lipinski definition) is 5. The van der Waals surface area contributed by atoms with Crippen molar-refractivity contribution in [2.75, 3.05) is 26.9 Å². The standard InChI is InChI=1S/C9H12N2O3/c1-13-2-3-14-6-9(12)8-4-10-7-11-5-8/h4-5,7H,2-3,6H2,1H3. The first-order valence-corrected chi connectivity index (χ1v) is 4.19. The van der Waals surface area contributed by atoms with Crippen molar-refractivity contribution in [1.82, 2.24) is 9.97 Å². The minimum absolute atomic E-state index is 0.0384. The average molecular weight is 196 g/mol. The third-order valence-corrected chi connectivity index (χ3v) is 1.55. The van der Waals surface area contributed by atoms with Crippen molar-refractivity contribution in [2.24, 2.45) is 0 Å². The summed E-state index contributed by atoms with van der Waals surface area (Å²) in [6.45, 7) is 0.936. The molecule has 0 saturated carbocycles. The van der Waals surface area contributed by atoms with Gasteiger partial charge in [-0.3, -0.25) is 4.79 Å².